The highest BCUT2D eigenvalue weighted by Crippen LogP contribution is 2.66. The molecule has 5 aliphatic carbocycles. The number of ketones is 1. The molecule has 1 aliphatic heterocycles. The first-order valence-electron chi connectivity index (χ1n) is 16.0. The van der Waals surface area contributed by atoms with Crippen LogP contribution in [0.2, 0.25) is 0 Å². The summed E-state index contributed by atoms with van der Waals surface area (Å²) in [7, 11) is 0. The topological polar surface area (TPSA) is 71.0 Å². The van der Waals surface area contributed by atoms with Crippen molar-refractivity contribution < 1.29 is 14.4 Å². The van der Waals surface area contributed by atoms with Crippen LogP contribution in [0.5, 0.6) is 0 Å². The Morgan fingerprint density at radius 1 is 1.05 bits per heavy atom. The number of allylic oxidation sites excluding steroid dienone is 1. The summed E-state index contributed by atoms with van der Waals surface area (Å²) in [5, 5.41) is 8.16. The zero-order valence-corrected chi connectivity index (χ0v) is 25.1. The standard InChI is InChI=1S/C33H51N3O3/c1-21(35-39-30(38)36(24-7-8-24)17-14-23-19-31(2,3)20-34-23)27-10-11-28-26-9-6-22-18-25(37)12-15-32(22,4)29(26)13-16-33(27,28)5/h18,23-24,26-29,34H,6-17,19-20H2,1-5H3/b35-21+/t23?,26-,27+,28-,29-,32-,33+/m0/s1. The lowest BCUT2D eigenvalue weighted by atomic mass is 9.46. The fourth-order valence-corrected chi connectivity index (χ4v) is 10.0. The number of carbonyl (C=O) groups is 2. The summed E-state index contributed by atoms with van der Waals surface area (Å²) < 4.78 is 0. The van der Waals surface area contributed by atoms with E-state index in [1.54, 1.807) is 0 Å². The van der Waals surface area contributed by atoms with Crippen molar-refractivity contribution in [3.8, 4) is 0 Å². The number of amides is 1. The normalized spacial score (nSPS) is 41.4. The van der Waals surface area contributed by atoms with Crippen LogP contribution in [-0.2, 0) is 9.63 Å². The maximum Gasteiger partial charge on any atom is 0.436 e. The lowest BCUT2D eigenvalue weighted by Crippen LogP contribution is -2.51. The van der Waals surface area contributed by atoms with Gasteiger partial charge in [-0.3, -0.25) is 9.63 Å². The van der Waals surface area contributed by atoms with Gasteiger partial charge in [0, 0.05) is 37.5 Å². The van der Waals surface area contributed by atoms with Gasteiger partial charge in [-0.25, -0.2) is 4.79 Å². The highest BCUT2D eigenvalue weighted by atomic mass is 16.7. The van der Waals surface area contributed by atoms with Gasteiger partial charge in [-0.05, 0) is 118 Å². The Hall–Kier alpha value is -1.69. The van der Waals surface area contributed by atoms with Gasteiger partial charge in [-0.1, -0.05) is 38.4 Å². The summed E-state index contributed by atoms with van der Waals surface area (Å²) in [6.45, 7) is 13.5. The maximum atomic E-state index is 13.2. The average molecular weight is 538 g/mol. The van der Waals surface area contributed by atoms with Crippen LogP contribution < -0.4 is 5.32 Å². The molecule has 39 heavy (non-hydrogen) atoms. The van der Waals surface area contributed by atoms with Gasteiger partial charge in [-0.15, -0.1) is 0 Å². The van der Waals surface area contributed by atoms with Crippen LogP contribution in [-0.4, -0.2) is 47.7 Å². The van der Waals surface area contributed by atoms with Crippen molar-refractivity contribution in [3.63, 3.8) is 0 Å². The summed E-state index contributed by atoms with van der Waals surface area (Å²) in [4.78, 5) is 32.9. The Kier molecular flexibility index (Phi) is 7.04. The molecular formula is C33H51N3O3. The SMILES string of the molecule is C/C(=N\OC(=O)N(CCC1CC(C)(C)CN1)C1CC1)[C@H]1CC[C@H]2[C@@H]3CCC4=CC(=O)CC[C@]4(C)[C@H]3CC[C@]12C. The van der Waals surface area contributed by atoms with Crippen LogP contribution in [0.25, 0.3) is 0 Å². The number of hydrogen-bond donors (Lipinski definition) is 1. The third-order valence-electron chi connectivity index (χ3n) is 12.3. The predicted octanol–water partition coefficient (Wildman–Crippen LogP) is 6.89. The lowest BCUT2D eigenvalue weighted by Gasteiger charge is -2.58. The van der Waals surface area contributed by atoms with Crippen LogP contribution in [0.15, 0.2) is 16.8 Å². The number of carbonyl (C=O) groups excluding carboxylic acids is 2. The van der Waals surface area contributed by atoms with E-state index in [0.717, 1.165) is 76.1 Å². The molecule has 5 fully saturated rings. The van der Waals surface area contributed by atoms with Gasteiger partial charge in [-0.2, -0.15) is 0 Å². The van der Waals surface area contributed by atoms with Gasteiger partial charge < -0.3 is 10.2 Å². The Morgan fingerprint density at radius 3 is 2.56 bits per heavy atom. The molecule has 1 unspecified atom stereocenters. The molecule has 0 aromatic rings. The first-order valence-corrected chi connectivity index (χ1v) is 16.0. The predicted molar refractivity (Wildman–Crippen MR) is 154 cm³/mol. The molecule has 4 saturated carbocycles. The number of oxime groups is 1. The van der Waals surface area contributed by atoms with Gasteiger partial charge >= 0.3 is 6.09 Å². The molecule has 216 valence electrons. The van der Waals surface area contributed by atoms with E-state index in [4.69, 9.17) is 4.84 Å². The van der Waals surface area contributed by atoms with E-state index in [1.165, 1.54) is 31.3 Å². The van der Waals surface area contributed by atoms with Crippen LogP contribution in [0.1, 0.15) is 112 Å². The Bertz CT molecular complexity index is 1060. The molecule has 1 saturated heterocycles. The number of fused-ring (bicyclic) bond motifs is 5. The molecule has 6 nitrogen and oxygen atoms in total. The van der Waals surface area contributed by atoms with Crippen molar-refractivity contribution in [3.05, 3.63) is 11.6 Å². The van der Waals surface area contributed by atoms with Gasteiger partial charge in [0.1, 0.15) is 0 Å². The van der Waals surface area contributed by atoms with Crippen LogP contribution in [0.3, 0.4) is 0 Å². The molecule has 1 N–H and O–H groups in total. The molecule has 6 aliphatic rings. The minimum Gasteiger partial charge on any atom is -0.313 e. The lowest BCUT2D eigenvalue weighted by molar-refractivity contribution is -0.117. The molecule has 1 amide bonds. The van der Waals surface area contributed by atoms with Crippen LogP contribution in [0, 0.1) is 39.9 Å². The molecule has 0 aromatic carbocycles. The van der Waals surface area contributed by atoms with Gasteiger partial charge in [0.15, 0.2) is 5.78 Å². The molecule has 0 radical (unpaired) electrons. The number of hydrogen-bond acceptors (Lipinski definition) is 5. The smallest absolute Gasteiger partial charge is 0.313 e. The van der Waals surface area contributed by atoms with Gasteiger partial charge in [0.05, 0.1) is 5.71 Å². The van der Waals surface area contributed by atoms with Crippen molar-refractivity contribution in [2.24, 2.45) is 45.1 Å². The number of rotatable bonds is 6. The average Bonchev–Trinajstić information content (AvgIpc) is 3.57. The van der Waals surface area contributed by atoms with E-state index in [9.17, 15) is 9.59 Å². The minimum atomic E-state index is -0.260. The summed E-state index contributed by atoms with van der Waals surface area (Å²) in [6, 6.07) is 0.806. The van der Waals surface area contributed by atoms with Gasteiger partial charge in [0.2, 0.25) is 0 Å². The van der Waals surface area contributed by atoms with Crippen LogP contribution in [0.4, 0.5) is 4.79 Å². The fraction of sp³-hybridized carbons (Fsp3) is 0.848. The monoisotopic (exact) mass is 537 g/mol. The largest absolute Gasteiger partial charge is 0.436 e. The number of nitrogens with one attached hydrogen (secondary N) is 1. The molecule has 7 atom stereocenters. The molecule has 0 bridgehead atoms. The zero-order chi connectivity index (χ0) is 27.6. The first-order chi connectivity index (χ1) is 18.5. The molecule has 0 aromatic heterocycles. The third kappa shape index (κ3) is 5.02. The zero-order valence-electron chi connectivity index (χ0n) is 25.1. The third-order valence-corrected chi connectivity index (χ3v) is 12.3. The van der Waals surface area contributed by atoms with Crippen molar-refractivity contribution in [2.75, 3.05) is 13.1 Å². The molecule has 6 rings (SSSR count). The highest BCUT2D eigenvalue weighted by molar-refractivity contribution is 5.91. The Morgan fingerprint density at radius 2 is 1.85 bits per heavy atom. The second-order valence-electron chi connectivity index (χ2n) is 15.4. The first kappa shape index (κ1) is 27.5. The Balaban J connectivity index is 1.09. The minimum absolute atomic E-state index is 0.213. The van der Waals surface area contributed by atoms with Crippen molar-refractivity contribution in [1.82, 2.24) is 10.2 Å². The van der Waals surface area contributed by atoms with Gasteiger partial charge in [0.25, 0.3) is 0 Å². The summed E-state index contributed by atoms with van der Waals surface area (Å²) in [5.74, 6) is 2.85. The Labute approximate surface area is 235 Å². The fourth-order valence-electron chi connectivity index (χ4n) is 10.0. The van der Waals surface area contributed by atoms with Crippen molar-refractivity contribution >= 4 is 17.6 Å². The van der Waals surface area contributed by atoms with E-state index >= 15 is 0 Å². The van der Waals surface area contributed by atoms with E-state index in [0.29, 0.717) is 41.0 Å². The molecular weight excluding hydrogens is 486 g/mol. The van der Waals surface area contributed by atoms with E-state index < -0.39 is 0 Å². The van der Waals surface area contributed by atoms with E-state index in [1.807, 2.05) is 11.0 Å². The summed E-state index contributed by atoms with van der Waals surface area (Å²) in [6.07, 6.45) is 15.0. The number of nitrogens with zero attached hydrogens (tertiary/aromatic N) is 2. The quantitative estimate of drug-likeness (QED) is 0.228. The van der Waals surface area contributed by atoms with E-state index in [2.05, 4.69) is 45.1 Å². The summed E-state index contributed by atoms with van der Waals surface area (Å²) in [5.41, 5.74) is 3.23. The van der Waals surface area contributed by atoms with E-state index in [-0.39, 0.29) is 16.9 Å². The second kappa shape index (κ2) is 9.99. The molecule has 1 heterocycles. The summed E-state index contributed by atoms with van der Waals surface area (Å²) >= 11 is 0. The molecule has 0 spiro atoms. The maximum absolute atomic E-state index is 13.2. The van der Waals surface area contributed by atoms with Crippen LogP contribution >= 0.6 is 0 Å². The second-order valence-corrected chi connectivity index (χ2v) is 15.4. The highest BCUT2D eigenvalue weighted by Gasteiger charge is 2.59. The molecule has 6 heteroatoms. The van der Waals surface area contributed by atoms with Crippen molar-refractivity contribution in [2.45, 2.75) is 124 Å². The van der Waals surface area contributed by atoms with Crippen molar-refractivity contribution in [1.29, 1.82) is 0 Å².